The maximum atomic E-state index is 15.0. The highest BCUT2D eigenvalue weighted by molar-refractivity contribution is 7.91. The average molecular weight is 586 g/mol. The van der Waals surface area contributed by atoms with Gasteiger partial charge in [-0.05, 0) is 56.2 Å². The van der Waals surface area contributed by atoms with E-state index >= 15 is 4.39 Å². The zero-order chi connectivity index (χ0) is 27.9. The highest BCUT2D eigenvalue weighted by Gasteiger charge is 2.38. The monoisotopic (exact) mass is 585 g/mol. The van der Waals surface area contributed by atoms with Crippen LogP contribution in [0.1, 0.15) is 59.7 Å². The zero-order valence-corrected chi connectivity index (χ0v) is 21.9. The lowest BCUT2D eigenvalue weighted by Gasteiger charge is -2.12. The molecule has 0 saturated heterocycles. The summed E-state index contributed by atoms with van der Waals surface area (Å²) in [4.78, 5) is 33.9. The number of nitrogens with one attached hydrogen (secondary N) is 2. The highest BCUT2D eigenvalue weighted by Crippen LogP contribution is 2.44. The van der Waals surface area contributed by atoms with Gasteiger partial charge in [0.05, 0.1) is 17.6 Å². The van der Waals surface area contributed by atoms with Gasteiger partial charge in [0.2, 0.25) is 10.0 Å². The first-order valence-corrected chi connectivity index (χ1v) is 14.6. The number of hydrogen-bond donors (Lipinski definition) is 2. The molecule has 1 aromatic carbocycles. The zero-order valence-electron chi connectivity index (χ0n) is 20.3. The van der Waals surface area contributed by atoms with Crippen molar-refractivity contribution >= 4 is 27.3 Å². The second-order valence-electron chi connectivity index (χ2n) is 9.53. The van der Waals surface area contributed by atoms with Crippen LogP contribution in [-0.4, -0.2) is 42.3 Å². The Bertz CT molecular complexity index is 1570. The van der Waals surface area contributed by atoms with Crippen LogP contribution in [0, 0.1) is 5.82 Å². The molecule has 2 N–H and O–H groups in total. The summed E-state index contributed by atoms with van der Waals surface area (Å²) >= 11 is 1.27. The molecule has 2 saturated carbocycles. The molecule has 14 heteroatoms. The molecule has 2 aromatic heterocycles. The molecule has 2 heterocycles. The van der Waals surface area contributed by atoms with Crippen molar-refractivity contribution in [3.05, 3.63) is 57.1 Å². The molecule has 0 unspecified atom stereocenters. The lowest BCUT2D eigenvalue weighted by molar-refractivity contribution is -0.136. The number of carbonyl (C=O) groups is 1. The van der Waals surface area contributed by atoms with Crippen molar-refractivity contribution in [3.8, 4) is 27.6 Å². The van der Waals surface area contributed by atoms with Gasteiger partial charge in [0.1, 0.15) is 22.1 Å². The van der Waals surface area contributed by atoms with Gasteiger partial charge in [-0.25, -0.2) is 22.5 Å². The van der Waals surface area contributed by atoms with Gasteiger partial charge < -0.3 is 9.72 Å². The van der Waals surface area contributed by atoms with Crippen molar-refractivity contribution in [2.45, 2.75) is 55.9 Å². The molecule has 2 aliphatic rings. The van der Waals surface area contributed by atoms with Crippen LogP contribution in [0.15, 0.2) is 35.3 Å². The Balaban J connectivity index is 1.47. The number of H-pyrrole nitrogens is 1. The number of carbonyl (C=O) groups excluding carboxylic acids is 1. The minimum atomic E-state index is -4.32. The first kappa shape index (κ1) is 27.3. The molecular formula is C25H23F4N3O5S2. The van der Waals surface area contributed by atoms with Gasteiger partial charge >= 0.3 is 6.18 Å². The summed E-state index contributed by atoms with van der Waals surface area (Å²) in [6.07, 6.45) is -1.17. The number of aromatic nitrogens is 2. The second kappa shape index (κ2) is 10.4. The number of ether oxygens (including phenoxy) is 1. The van der Waals surface area contributed by atoms with Gasteiger partial charge in [-0.1, -0.05) is 0 Å². The first-order chi connectivity index (χ1) is 18.4. The van der Waals surface area contributed by atoms with E-state index in [1.807, 2.05) is 4.72 Å². The Kier molecular flexibility index (Phi) is 7.27. The summed E-state index contributed by atoms with van der Waals surface area (Å²) in [6.45, 7) is -0.264. The van der Waals surface area contributed by atoms with Crippen LogP contribution in [0.3, 0.4) is 0 Å². The van der Waals surface area contributed by atoms with Crippen molar-refractivity contribution in [1.29, 1.82) is 0 Å². The fourth-order valence-electron chi connectivity index (χ4n) is 3.98. The Morgan fingerprint density at radius 1 is 1.15 bits per heavy atom. The molecule has 0 aliphatic heterocycles. The van der Waals surface area contributed by atoms with Crippen molar-refractivity contribution in [1.82, 2.24) is 14.7 Å². The molecule has 0 atom stereocenters. The largest absolute Gasteiger partial charge is 0.493 e. The first-order valence-electron chi connectivity index (χ1n) is 12.2. The van der Waals surface area contributed by atoms with Gasteiger partial charge in [0, 0.05) is 34.7 Å². The topological polar surface area (TPSA) is 118 Å². The number of aromatic amines is 1. The lowest BCUT2D eigenvalue weighted by atomic mass is 10.0. The Hall–Kier alpha value is -3.26. The number of thiazole rings is 1. The molecule has 0 bridgehead atoms. The predicted molar refractivity (Wildman–Crippen MR) is 136 cm³/mol. The molecule has 3 aromatic rings. The van der Waals surface area contributed by atoms with E-state index in [9.17, 15) is 31.2 Å². The van der Waals surface area contributed by atoms with Gasteiger partial charge in [-0.15, -0.1) is 11.3 Å². The van der Waals surface area contributed by atoms with Gasteiger partial charge in [0.25, 0.3) is 11.5 Å². The summed E-state index contributed by atoms with van der Waals surface area (Å²) in [6, 6.07) is 4.98. The fraction of sp³-hybridized carbons (Fsp3) is 0.400. The maximum absolute atomic E-state index is 15.0. The molecule has 8 nitrogen and oxygen atoms in total. The predicted octanol–water partition coefficient (Wildman–Crippen LogP) is 5.13. The molecule has 0 spiro atoms. The number of rotatable bonds is 10. The molecule has 2 aliphatic carbocycles. The minimum absolute atomic E-state index is 0.000827. The molecule has 39 heavy (non-hydrogen) atoms. The molecule has 2 fully saturated rings. The number of alkyl halides is 3. The minimum Gasteiger partial charge on any atom is -0.493 e. The second-order valence-corrected chi connectivity index (χ2v) is 12.6. The van der Waals surface area contributed by atoms with Crippen LogP contribution in [0.4, 0.5) is 17.6 Å². The quantitative estimate of drug-likeness (QED) is 0.252. The fourth-order valence-corrected chi connectivity index (χ4v) is 6.37. The lowest BCUT2D eigenvalue weighted by Crippen LogP contribution is -2.37. The van der Waals surface area contributed by atoms with Crippen LogP contribution in [0.2, 0.25) is 0 Å². The van der Waals surface area contributed by atoms with Crippen molar-refractivity contribution < 1.29 is 35.5 Å². The van der Waals surface area contributed by atoms with Gasteiger partial charge in [-0.2, -0.15) is 13.2 Å². The number of halogens is 4. The molecule has 208 valence electrons. The van der Waals surface area contributed by atoms with Crippen molar-refractivity contribution in [3.63, 3.8) is 0 Å². The van der Waals surface area contributed by atoms with E-state index in [4.69, 9.17) is 4.74 Å². The van der Waals surface area contributed by atoms with E-state index in [1.165, 1.54) is 29.5 Å². The van der Waals surface area contributed by atoms with Crippen LogP contribution in [-0.2, 0) is 10.0 Å². The summed E-state index contributed by atoms with van der Waals surface area (Å²) in [5.41, 5.74) is -1.39. The smallest absolute Gasteiger partial charge is 0.389 e. The van der Waals surface area contributed by atoms with Crippen LogP contribution < -0.4 is 15.0 Å². The van der Waals surface area contributed by atoms with E-state index in [0.717, 1.165) is 23.8 Å². The van der Waals surface area contributed by atoms with Crippen molar-refractivity contribution in [2.75, 3.05) is 6.61 Å². The van der Waals surface area contributed by atoms with Crippen molar-refractivity contribution in [2.24, 2.45) is 0 Å². The summed E-state index contributed by atoms with van der Waals surface area (Å²) in [5.74, 6) is -1.57. The number of nitrogens with zero attached hydrogens (tertiary/aromatic N) is 1. The number of amides is 1. The Morgan fingerprint density at radius 3 is 2.54 bits per heavy atom. The maximum Gasteiger partial charge on any atom is 0.389 e. The molecule has 1 amide bonds. The van der Waals surface area contributed by atoms with E-state index in [1.54, 1.807) is 6.20 Å². The van der Waals surface area contributed by atoms with Crippen LogP contribution >= 0.6 is 11.3 Å². The number of hydrogen-bond acceptors (Lipinski definition) is 7. The van der Waals surface area contributed by atoms with Crippen LogP contribution in [0.5, 0.6) is 5.75 Å². The van der Waals surface area contributed by atoms with Gasteiger partial charge in [-0.3, -0.25) is 9.59 Å². The third-order valence-corrected chi connectivity index (χ3v) is 9.31. The third-order valence-electron chi connectivity index (χ3n) is 6.30. The Labute approximate surface area is 224 Å². The third kappa shape index (κ3) is 6.49. The molecule has 5 rings (SSSR count). The summed E-state index contributed by atoms with van der Waals surface area (Å²) in [5, 5.41) is -0.379. The molecular weight excluding hydrogens is 562 g/mol. The van der Waals surface area contributed by atoms with Crippen LogP contribution in [0.25, 0.3) is 21.8 Å². The average Bonchev–Trinajstić information content (AvgIpc) is 3.78. The SMILES string of the molecule is O=C(NS(=O)(=O)C1CC1)c1c(-c2ncc(C3CC3)s2)cc(-c2ccc(OCCCC(F)(F)F)cc2F)[nH]c1=O. The van der Waals surface area contributed by atoms with E-state index in [2.05, 4.69) is 9.97 Å². The van der Waals surface area contributed by atoms with E-state index in [-0.39, 0.29) is 35.6 Å². The number of pyridine rings is 1. The summed E-state index contributed by atoms with van der Waals surface area (Å²) < 4.78 is 83.9. The van der Waals surface area contributed by atoms with Gasteiger partial charge in [0.15, 0.2) is 0 Å². The number of benzene rings is 1. The standard InChI is InChI=1S/C25H23F4N3O5S2/c26-18-10-14(37-9-1-8-25(27,28)29)4-7-16(18)19-11-17(24-30-12-20(38-24)13-2-3-13)21(22(33)31-19)23(34)32-39(35,36)15-5-6-15/h4,7,10-13,15H,1-3,5-6,8-9H2,(H,31,33)(H,32,34). The summed E-state index contributed by atoms with van der Waals surface area (Å²) in [7, 11) is -3.95. The molecule has 0 radical (unpaired) electrons. The Morgan fingerprint density at radius 2 is 1.90 bits per heavy atom. The van der Waals surface area contributed by atoms with E-state index in [0.29, 0.717) is 23.8 Å². The van der Waals surface area contributed by atoms with E-state index < -0.39 is 50.7 Å². The normalized spacial score (nSPS) is 15.8. The highest BCUT2D eigenvalue weighted by atomic mass is 32.2. The number of sulfonamides is 1.